The molecule has 1 rings (SSSR count). The minimum atomic E-state index is -1.19. The average Bonchev–Trinajstić information content (AvgIpc) is 2.98. The molecule has 1 heterocycles. The molecule has 0 bridgehead atoms. The number of hydrogen-bond donors (Lipinski definition) is 4. The predicted molar refractivity (Wildman–Crippen MR) is 110 cm³/mol. The van der Waals surface area contributed by atoms with Crippen LogP contribution in [0.15, 0.2) is 11.3 Å². The molecule has 0 radical (unpaired) electrons. The molecule has 0 unspecified atom stereocenters. The number of unbranched alkanes of at least 4 members (excludes halogenated alkanes) is 12. The van der Waals surface area contributed by atoms with Crippen molar-refractivity contribution in [1.29, 1.82) is 0 Å². The topological polar surface area (TPSA) is 124 Å². The van der Waals surface area contributed by atoms with Gasteiger partial charge in [0.25, 0.3) is 0 Å². The van der Waals surface area contributed by atoms with Crippen LogP contribution in [0.5, 0.6) is 0 Å². The Kier molecular flexibility index (Phi) is 13.4. The van der Waals surface area contributed by atoms with Crippen molar-refractivity contribution < 1.29 is 34.8 Å². The Morgan fingerprint density at radius 3 is 1.76 bits per heavy atom. The summed E-state index contributed by atoms with van der Waals surface area (Å²) in [5.74, 6) is -1.94. The third-order valence-corrected chi connectivity index (χ3v) is 5.45. The molecule has 1 aliphatic heterocycles. The summed E-state index contributed by atoms with van der Waals surface area (Å²) < 4.78 is 4.92. The van der Waals surface area contributed by atoms with Crippen LogP contribution in [0.3, 0.4) is 0 Å². The van der Waals surface area contributed by atoms with Crippen molar-refractivity contribution in [3.8, 4) is 0 Å². The van der Waals surface area contributed by atoms with Gasteiger partial charge in [0.1, 0.15) is 6.10 Å². The molecule has 168 valence electrons. The number of aliphatic hydroxyl groups is 3. The van der Waals surface area contributed by atoms with Gasteiger partial charge < -0.3 is 25.2 Å². The summed E-state index contributed by atoms with van der Waals surface area (Å²) in [7, 11) is 0. The quantitative estimate of drug-likeness (QED) is 0.197. The number of cyclic esters (lactones) is 1. The van der Waals surface area contributed by atoms with Crippen LogP contribution in [0.25, 0.3) is 0 Å². The van der Waals surface area contributed by atoms with Crippen LogP contribution in [-0.2, 0) is 14.3 Å². The molecule has 0 saturated heterocycles. The van der Waals surface area contributed by atoms with Crippen LogP contribution in [0.1, 0.15) is 96.3 Å². The maximum absolute atomic E-state index is 11.4. The Labute approximate surface area is 173 Å². The highest BCUT2D eigenvalue weighted by molar-refractivity contribution is 5.89. The molecular weight excluding hydrogens is 376 g/mol. The van der Waals surface area contributed by atoms with Crippen molar-refractivity contribution in [3.05, 3.63) is 11.3 Å². The van der Waals surface area contributed by atoms with Crippen molar-refractivity contribution >= 4 is 11.9 Å². The van der Waals surface area contributed by atoms with Crippen molar-refractivity contribution in [2.45, 2.75) is 109 Å². The Balaban J connectivity index is 1.95. The second-order valence-electron chi connectivity index (χ2n) is 7.94. The molecule has 7 heteroatoms. The van der Waals surface area contributed by atoms with Gasteiger partial charge in [0.15, 0.2) is 6.10 Å². The Morgan fingerprint density at radius 1 is 0.862 bits per heavy atom. The molecule has 4 N–H and O–H groups in total. The molecule has 0 spiro atoms. The van der Waals surface area contributed by atoms with Gasteiger partial charge in [0.2, 0.25) is 5.76 Å². The van der Waals surface area contributed by atoms with Gasteiger partial charge in [0, 0.05) is 12.0 Å². The van der Waals surface area contributed by atoms with Crippen molar-refractivity contribution in [3.63, 3.8) is 0 Å². The first kappa shape index (κ1) is 25.4. The van der Waals surface area contributed by atoms with Crippen LogP contribution < -0.4 is 0 Å². The van der Waals surface area contributed by atoms with E-state index in [2.05, 4.69) is 0 Å². The normalized spacial score (nSPS) is 17.6. The van der Waals surface area contributed by atoms with Gasteiger partial charge in [-0.3, -0.25) is 4.79 Å². The fraction of sp³-hybridized carbons (Fsp3) is 0.818. The van der Waals surface area contributed by atoms with Crippen LogP contribution >= 0.6 is 0 Å². The highest BCUT2D eigenvalue weighted by Gasteiger charge is 2.37. The van der Waals surface area contributed by atoms with E-state index in [1.165, 1.54) is 44.9 Å². The first-order valence-electron chi connectivity index (χ1n) is 11.1. The van der Waals surface area contributed by atoms with Crippen LogP contribution in [0.2, 0.25) is 0 Å². The lowest BCUT2D eigenvalue weighted by Gasteiger charge is -2.18. The van der Waals surface area contributed by atoms with Gasteiger partial charge in [-0.15, -0.1) is 0 Å². The number of carbonyl (C=O) groups is 2. The third kappa shape index (κ3) is 10.7. The summed E-state index contributed by atoms with van der Waals surface area (Å²) in [6.07, 6.45) is 13.0. The van der Waals surface area contributed by atoms with Gasteiger partial charge in [-0.2, -0.15) is 0 Å². The molecule has 0 amide bonds. The number of aliphatic carboxylic acids is 1. The van der Waals surface area contributed by atoms with Crippen molar-refractivity contribution in [2.75, 3.05) is 6.61 Å². The smallest absolute Gasteiger partial charge is 0.374 e. The lowest BCUT2D eigenvalue weighted by atomic mass is 9.98. The molecule has 7 nitrogen and oxygen atoms in total. The zero-order valence-corrected chi connectivity index (χ0v) is 17.5. The van der Waals surface area contributed by atoms with Gasteiger partial charge in [-0.1, -0.05) is 70.6 Å². The SMILES string of the molecule is O=C(O)CCCCCCCCCCCCCCCC1=C(O)C(=O)O[C@H]1[C@@H](O)CO. The zero-order valence-electron chi connectivity index (χ0n) is 17.5. The maximum Gasteiger partial charge on any atom is 0.374 e. The standard InChI is InChI=1S/C22H38O7/c23-16-18(24)21-17(20(27)22(28)29-21)14-12-10-8-6-4-2-1-3-5-7-9-11-13-15-19(25)26/h18,21,23-24,27H,1-16H2,(H,25,26)/t18-,21+/m0/s1. The summed E-state index contributed by atoms with van der Waals surface area (Å²) in [6.45, 7) is -0.514. The summed E-state index contributed by atoms with van der Waals surface area (Å²) in [5.41, 5.74) is 0.402. The summed E-state index contributed by atoms with van der Waals surface area (Å²) in [5, 5.41) is 37.1. The molecule has 1 aliphatic rings. The summed E-state index contributed by atoms with van der Waals surface area (Å²) >= 11 is 0. The lowest BCUT2D eigenvalue weighted by Crippen LogP contribution is -2.31. The van der Waals surface area contributed by atoms with E-state index in [4.69, 9.17) is 14.9 Å². The van der Waals surface area contributed by atoms with Gasteiger partial charge in [-0.05, 0) is 19.3 Å². The highest BCUT2D eigenvalue weighted by atomic mass is 16.6. The Morgan fingerprint density at radius 2 is 1.31 bits per heavy atom. The molecule has 0 fully saturated rings. The zero-order chi connectivity index (χ0) is 21.5. The van der Waals surface area contributed by atoms with Crippen molar-refractivity contribution in [1.82, 2.24) is 0 Å². The number of ether oxygens (including phenoxy) is 1. The van der Waals surface area contributed by atoms with E-state index in [9.17, 15) is 19.8 Å². The second kappa shape index (κ2) is 15.3. The second-order valence-corrected chi connectivity index (χ2v) is 7.94. The van der Waals surface area contributed by atoms with Gasteiger partial charge in [0.05, 0.1) is 6.61 Å². The molecule has 0 aromatic carbocycles. The highest BCUT2D eigenvalue weighted by Crippen LogP contribution is 2.28. The summed E-state index contributed by atoms with van der Waals surface area (Å²) in [4.78, 5) is 21.8. The number of aliphatic hydroxyl groups excluding tert-OH is 3. The van der Waals surface area contributed by atoms with Gasteiger partial charge in [-0.25, -0.2) is 4.79 Å². The molecule has 0 aliphatic carbocycles. The number of carbonyl (C=O) groups excluding carboxylic acids is 1. The van der Waals surface area contributed by atoms with E-state index >= 15 is 0 Å². The first-order chi connectivity index (χ1) is 14.0. The largest absolute Gasteiger partial charge is 0.502 e. The number of hydrogen-bond acceptors (Lipinski definition) is 6. The van der Waals surface area contributed by atoms with E-state index in [-0.39, 0.29) is 6.42 Å². The number of carboxylic acid groups (broad SMARTS) is 1. The maximum atomic E-state index is 11.4. The van der Waals surface area contributed by atoms with E-state index in [0.717, 1.165) is 38.5 Å². The van der Waals surface area contributed by atoms with E-state index in [1.807, 2.05) is 0 Å². The summed E-state index contributed by atoms with van der Waals surface area (Å²) in [6, 6.07) is 0. The predicted octanol–water partition coefficient (Wildman–Crippen LogP) is 4.01. The number of carboxylic acids is 1. The molecule has 0 aromatic rings. The van der Waals surface area contributed by atoms with E-state index < -0.39 is 36.5 Å². The fourth-order valence-electron chi connectivity index (χ4n) is 3.71. The molecule has 0 aromatic heterocycles. The first-order valence-corrected chi connectivity index (χ1v) is 11.1. The molecule has 2 atom stereocenters. The minimum absolute atomic E-state index is 0.288. The monoisotopic (exact) mass is 414 g/mol. The third-order valence-electron chi connectivity index (χ3n) is 5.45. The molecule has 0 saturated carbocycles. The lowest BCUT2D eigenvalue weighted by molar-refractivity contribution is -0.147. The molecular formula is C22H38O7. The minimum Gasteiger partial charge on any atom is -0.502 e. The van der Waals surface area contributed by atoms with Crippen molar-refractivity contribution in [2.24, 2.45) is 0 Å². The Hall–Kier alpha value is -1.60. The average molecular weight is 415 g/mol. The van der Waals surface area contributed by atoms with E-state index in [0.29, 0.717) is 12.0 Å². The molecule has 29 heavy (non-hydrogen) atoms. The van der Waals surface area contributed by atoms with Crippen LogP contribution in [0, 0.1) is 0 Å². The fourth-order valence-corrected chi connectivity index (χ4v) is 3.71. The van der Waals surface area contributed by atoms with E-state index in [1.54, 1.807) is 0 Å². The van der Waals surface area contributed by atoms with Crippen LogP contribution in [0.4, 0.5) is 0 Å². The Bertz CT molecular complexity index is 515. The van der Waals surface area contributed by atoms with Gasteiger partial charge >= 0.3 is 11.9 Å². The number of esters is 1. The number of rotatable bonds is 18. The van der Waals surface area contributed by atoms with Crippen LogP contribution in [-0.4, -0.2) is 51.2 Å².